The second-order valence-electron chi connectivity index (χ2n) is 7.84. The zero-order valence-electron chi connectivity index (χ0n) is 15.9. The topological polar surface area (TPSA) is 86.2 Å². The lowest BCUT2D eigenvalue weighted by Crippen LogP contribution is -2.48. The maximum atomic E-state index is 13.1. The van der Waals surface area contributed by atoms with Gasteiger partial charge in [-0.05, 0) is 50.5 Å². The largest absolute Gasteiger partial charge is 0.465 e. The van der Waals surface area contributed by atoms with Gasteiger partial charge in [0.05, 0.1) is 17.1 Å². The highest BCUT2D eigenvalue weighted by Gasteiger charge is 2.36. The molecular formula is C21H25N5O2. The zero-order chi connectivity index (χ0) is 19.1. The molecule has 0 spiro atoms. The number of furan rings is 1. The molecule has 3 unspecified atom stereocenters. The fourth-order valence-electron chi connectivity index (χ4n) is 4.33. The average molecular weight is 379 g/mol. The van der Waals surface area contributed by atoms with Gasteiger partial charge >= 0.3 is 0 Å². The van der Waals surface area contributed by atoms with Crippen LogP contribution in [-0.4, -0.2) is 39.9 Å². The molecule has 3 aromatic rings. The van der Waals surface area contributed by atoms with Crippen LogP contribution in [-0.2, 0) is 4.79 Å². The average Bonchev–Trinajstić information content (AvgIpc) is 3.46. The molecule has 1 aromatic carbocycles. The number of para-hydroxylation sites is 2. The third kappa shape index (κ3) is 3.21. The molecule has 5 rings (SSSR count). The van der Waals surface area contributed by atoms with Crippen LogP contribution in [0.15, 0.2) is 40.8 Å². The Hall–Kier alpha value is -2.64. The van der Waals surface area contributed by atoms with E-state index in [0.717, 1.165) is 47.8 Å². The van der Waals surface area contributed by atoms with Crippen LogP contribution >= 0.6 is 0 Å². The lowest BCUT2D eigenvalue weighted by molar-refractivity contribution is -0.134. The molecule has 2 aliphatic heterocycles. The molecule has 3 N–H and O–H groups in total. The number of imidazole rings is 1. The highest BCUT2D eigenvalue weighted by atomic mass is 16.3. The smallest absolute Gasteiger partial charge is 0.241 e. The van der Waals surface area contributed by atoms with E-state index >= 15 is 0 Å². The number of nitrogens with one attached hydrogen (secondary N) is 3. The first-order valence-electron chi connectivity index (χ1n) is 9.98. The van der Waals surface area contributed by atoms with Crippen molar-refractivity contribution in [2.24, 2.45) is 0 Å². The molecule has 3 atom stereocenters. The Morgan fingerprint density at radius 1 is 1.21 bits per heavy atom. The Labute approximate surface area is 163 Å². The molecule has 146 valence electrons. The summed E-state index contributed by atoms with van der Waals surface area (Å²) in [7, 11) is 0. The molecular weight excluding hydrogens is 354 g/mol. The number of aromatic nitrogens is 2. The van der Waals surface area contributed by atoms with Gasteiger partial charge in [-0.1, -0.05) is 12.1 Å². The van der Waals surface area contributed by atoms with Crippen LogP contribution in [0.5, 0.6) is 0 Å². The monoisotopic (exact) mass is 379 g/mol. The summed E-state index contributed by atoms with van der Waals surface area (Å²) in [4.78, 5) is 23.3. The van der Waals surface area contributed by atoms with Gasteiger partial charge in [-0.3, -0.25) is 4.79 Å². The van der Waals surface area contributed by atoms with Crippen LogP contribution in [0.1, 0.15) is 48.6 Å². The summed E-state index contributed by atoms with van der Waals surface area (Å²) in [5, 5.41) is 0. The number of rotatable bonds is 3. The summed E-state index contributed by atoms with van der Waals surface area (Å²) in [5.41, 5.74) is 8.41. The minimum Gasteiger partial charge on any atom is -0.465 e. The van der Waals surface area contributed by atoms with E-state index in [1.807, 2.05) is 48.2 Å². The summed E-state index contributed by atoms with van der Waals surface area (Å²) in [6.07, 6.45) is 2.74. The van der Waals surface area contributed by atoms with E-state index in [1.54, 1.807) is 0 Å². The van der Waals surface area contributed by atoms with E-state index in [0.29, 0.717) is 13.0 Å². The summed E-state index contributed by atoms with van der Waals surface area (Å²) in [6, 6.07) is 11.8. The van der Waals surface area contributed by atoms with Gasteiger partial charge in [-0.25, -0.2) is 15.8 Å². The predicted octanol–water partition coefficient (Wildman–Crippen LogP) is 2.78. The van der Waals surface area contributed by atoms with Gasteiger partial charge in [0.2, 0.25) is 5.91 Å². The lowest BCUT2D eigenvalue weighted by atomic mass is 9.96. The number of hydrogen-bond donors (Lipinski definition) is 3. The molecule has 0 bridgehead atoms. The molecule has 2 aromatic heterocycles. The molecule has 2 aliphatic rings. The maximum Gasteiger partial charge on any atom is 0.241 e. The standard InChI is InChI=1S/C21H25N5O2/c1-13-8-9-19(28-13)17-11-18(25-24-17)21(27)26-10-4-5-14(12-26)20-22-15-6-2-3-7-16(15)23-20/h2-3,6-9,14,17-18,24-25H,4-5,10-12H2,1H3,(H,22,23). The van der Waals surface area contributed by atoms with E-state index in [2.05, 4.69) is 15.8 Å². The fourth-order valence-corrected chi connectivity index (χ4v) is 4.33. The van der Waals surface area contributed by atoms with Crippen molar-refractivity contribution in [3.05, 3.63) is 53.7 Å². The normalized spacial score (nSPS) is 25.5. The molecule has 2 fully saturated rings. The SMILES string of the molecule is Cc1ccc(C2CC(C(=O)N3CCCC(c4nc5ccccc5[nH]4)C3)NN2)o1. The van der Waals surface area contributed by atoms with Crippen molar-refractivity contribution in [2.45, 2.75) is 44.2 Å². The molecule has 1 amide bonds. The van der Waals surface area contributed by atoms with Gasteiger partial charge in [-0.2, -0.15) is 0 Å². The van der Waals surface area contributed by atoms with Crippen molar-refractivity contribution < 1.29 is 9.21 Å². The maximum absolute atomic E-state index is 13.1. The number of amides is 1. The molecule has 2 saturated heterocycles. The Morgan fingerprint density at radius 3 is 2.93 bits per heavy atom. The number of aryl methyl sites for hydroxylation is 1. The first kappa shape index (κ1) is 17.5. The van der Waals surface area contributed by atoms with Crippen molar-refractivity contribution in [2.75, 3.05) is 13.1 Å². The number of fused-ring (bicyclic) bond motifs is 1. The van der Waals surface area contributed by atoms with E-state index in [1.165, 1.54) is 0 Å². The van der Waals surface area contributed by atoms with Gasteiger partial charge in [0, 0.05) is 19.0 Å². The fraction of sp³-hybridized carbons (Fsp3) is 0.429. The number of carbonyl (C=O) groups is 1. The van der Waals surface area contributed by atoms with Crippen LogP contribution in [0.2, 0.25) is 0 Å². The van der Waals surface area contributed by atoms with Crippen LogP contribution in [0.3, 0.4) is 0 Å². The lowest BCUT2D eigenvalue weighted by Gasteiger charge is -2.33. The Morgan fingerprint density at radius 2 is 2.11 bits per heavy atom. The van der Waals surface area contributed by atoms with Crippen LogP contribution in [0, 0.1) is 6.92 Å². The number of piperidine rings is 1. The number of hydrazine groups is 1. The van der Waals surface area contributed by atoms with Crippen molar-refractivity contribution in [1.82, 2.24) is 25.7 Å². The van der Waals surface area contributed by atoms with Gasteiger partial charge in [-0.15, -0.1) is 0 Å². The Kier molecular flexibility index (Phi) is 4.41. The molecule has 7 heteroatoms. The van der Waals surface area contributed by atoms with Gasteiger partial charge in [0.15, 0.2) is 0 Å². The minimum atomic E-state index is -0.232. The van der Waals surface area contributed by atoms with E-state index in [-0.39, 0.29) is 23.9 Å². The summed E-state index contributed by atoms with van der Waals surface area (Å²) < 4.78 is 5.70. The second kappa shape index (κ2) is 7.07. The number of carbonyl (C=O) groups excluding carboxylic acids is 1. The van der Waals surface area contributed by atoms with Crippen LogP contribution in [0.4, 0.5) is 0 Å². The summed E-state index contributed by atoms with van der Waals surface area (Å²) in [6.45, 7) is 3.44. The van der Waals surface area contributed by atoms with Crippen LogP contribution in [0.25, 0.3) is 11.0 Å². The van der Waals surface area contributed by atoms with Crippen molar-refractivity contribution in [3.8, 4) is 0 Å². The second-order valence-corrected chi connectivity index (χ2v) is 7.84. The quantitative estimate of drug-likeness (QED) is 0.651. The number of likely N-dealkylation sites (tertiary alicyclic amines) is 1. The highest BCUT2D eigenvalue weighted by molar-refractivity contribution is 5.82. The minimum absolute atomic E-state index is 0.0265. The molecule has 28 heavy (non-hydrogen) atoms. The van der Waals surface area contributed by atoms with Gasteiger partial charge in [0.1, 0.15) is 23.4 Å². The van der Waals surface area contributed by atoms with Crippen molar-refractivity contribution >= 4 is 16.9 Å². The predicted molar refractivity (Wildman–Crippen MR) is 106 cm³/mol. The third-order valence-electron chi connectivity index (χ3n) is 5.83. The molecule has 4 heterocycles. The van der Waals surface area contributed by atoms with Crippen molar-refractivity contribution in [3.63, 3.8) is 0 Å². The number of hydrogen-bond acceptors (Lipinski definition) is 5. The molecule has 0 radical (unpaired) electrons. The summed E-state index contributed by atoms with van der Waals surface area (Å²) >= 11 is 0. The number of H-pyrrole nitrogens is 1. The van der Waals surface area contributed by atoms with Crippen molar-refractivity contribution in [1.29, 1.82) is 0 Å². The zero-order valence-corrected chi connectivity index (χ0v) is 15.9. The van der Waals surface area contributed by atoms with Gasteiger partial charge < -0.3 is 14.3 Å². The number of benzene rings is 1. The number of nitrogens with zero attached hydrogens (tertiary/aromatic N) is 2. The molecule has 0 aliphatic carbocycles. The van der Waals surface area contributed by atoms with E-state index in [9.17, 15) is 4.79 Å². The molecule has 7 nitrogen and oxygen atoms in total. The molecule has 0 saturated carbocycles. The first-order valence-corrected chi connectivity index (χ1v) is 9.98. The van der Waals surface area contributed by atoms with E-state index < -0.39 is 0 Å². The van der Waals surface area contributed by atoms with Gasteiger partial charge in [0.25, 0.3) is 0 Å². The summed E-state index contributed by atoms with van der Waals surface area (Å²) in [5.74, 6) is 3.15. The third-order valence-corrected chi connectivity index (χ3v) is 5.83. The Bertz CT molecular complexity index is 961. The van der Waals surface area contributed by atoms with Crippen LogP contribution < -0.4 is 10.9 Å². The van der Waals surface area contributed by atoms with E-state index in [4.69, 9.17) is 9.40 Å². The Balaban J connectivity index is 1.26. The number of aromatic amines is 1. The first-order chi connectivity index (χ1) is 13.7. The highest BCUT2D eigenvalue weighted by Crippen LogP contribution is 2.29.